The molecule has 7 nitrogen and oxygen atoms in total. The highest BCUT2D eigenvalue weighted by molar-refractivity contribution is 5.98. The van der Waals surface area contributed by atoms with Gasteiger partial charge in [0.05, 0.1) is 0 Å². The van der Waals surface area contributed by atoms with E-state index in [1.54, 1.807) is 19.9 Å². The zero-order valence-electron chi connectivity index (χ0n) is 13.6. The molecule has 1 atom stereocenters. The molecular weight excluding hydrogens is 312 g/mol. The Bertz CT molecular complexity index is 777. The number of furan rings is 1. The van der Waals surface area contributed by atoms with Crippen molar-refractivity contribution in [3.63, 3.8) is 0 Å². The average Bonchev–Trinajstić information content (AvgIpc) is 2.86. The lowest BCUT2D eigenvalue weighted by Gasteiger charge is -2.13. The van der Waals surface area contributed by atoms with Gasteiger partial charge in [0.15, 0.2) is 6.10 Å². The number of carbonyl (C=O) groups is 3. The van der Waals surface area contributed by atoms with Crippen molar-refractivity contribution in [1.82, 2.24) is 0 Å². The van der Waals surface area contributed by atoms with Crippen molar-refractivity contribution in [3.05, 3.63) is 53.0 Å². The van der Waals surface area contributed by atoms with E-state index in [-0.39, 0.29) is 5.56 Å². The van der Waals surface area contributed by atoms with E-state index in [0.717, 1.165) is 0 Å². The third-order valence-corrected chi connectivity index (χ3v) is 3.35. The van der Waals surface area contributed by atoms with Crippen LogP contribution >= 0.6 is 0 Å². The Morgan fingerprint density at radius 3 is 2.29 bits per heavy atom. The van der Waals surface area contributed by atoms with Crippen LogP contribution in [0.4, 0.5) is 5.69 Å². The van der Waals surface area contributed by atoms with Crippen LogP contribution in [0.2, 0.25) is 0 Å². The number of carbonyl (C=O) groups excluding carboxylic acids is 3. The number of hydrogen-bond acceptors (Lipinski definition) is 5. The fourth-order valence-corrected chi connectivity index (χ4v) is 2.07. The monoisotopic (exact) mass is 330 g/mol. The van der Waals surface area contributed by atoms with Gasteiger partial charge < -0.3 is 20.2 Å². The molecule has 1 unspecified atom stereocenters. The van der Waals surface area contributed by atoms with Gasteiger partial charge >= 0.3 is 5.97 Å². The maximum Gasteiger partial charge on any atom is 0.342 e. The topological polar surface area (TPSA) is 112 Å². The minimum Gasteiger partial charge on any atom is -0.466 e. The van der Waals surface area contributed by atoms with E-state index >= 15 is 0 Å². The predicted octanol–water partition coefficient (Wildman–Crippen LogP) is 2.18. The van der Waals surface area contributed by atoms with E-state index in [9.17, 15) is 14.4 Å². The molecule has 2 aromatic rings. The van der Waals surface area contributed by atoms with Gasteiger partial charge in [-0.3, -0.25) is 9.59 Å². The van der Waals surface area contributed by atoms with Crippen LogP contribution < -0.4 is 11.1 Å². The Morgan fingerprint density at radius 1 is 1.17 bits per heavy atom. The number of anilines is 1. The fourth-order valence-electron chi connectivity index (χ4n) is 2.07. The standard InChI is InChI=1S/C17H18N2O5/c1-9-8-14(10(2)23-9)17(22)24-11(3)16(21)19-13-6-4-12(5-7-13)15(18)20/h4-8,11H,1-3H3,(H2,18,20)(H,19,21). The highest BCUT2D eigenvalue weighted by Crippen LogP contribution is 2.16. The summed E-state index contributed by atoms with van der Waals surface area (Å²) in [5.41, 5.74) is 6.23. The number of nitrogens with one attached hydrogen (secondary N) is 1. The summed E-state index contributed by atoms with van der Waals surface area (Å²) in [5.74, 6) is -0.650. The molecule has 0 radical (unpaired) electrons. The van der Waals surface area contributed by atoms with Crippen molar-refractivity contribution < 1.29 is 23.5 Å². The van der Waals surface area contributed by atoms with Gasteiger partial charge in [0.1, 0.15) is 17.1 Å². The van der Waals surface area contributed by atoms with Gasteiger partial charge in [-0.25, -0.2) is 4.79 Å². The molecular formula is C17H18N2O5. The van der Waals surface area contributed by atoms with Crippen molar-refractivity contribution >= 4 is 23.5 Å². The number of rotatable bonds is 5. The third-order valence-electron chi connectivity index (χ3n) is 3.35. The summed E-state index contributed by atoms with van der Waals surface area (Å²) in [6.45, 7) is 4.83. The van der Waals surface area contributed by atoms with E-state index in [2.05, 4.69) is 5.32 Å². The minimum atomic E-state index is -0.997. The zero-order valence-corrected chi connectivity index (χ0v) is 13.6. The number of amides is 2. The van der Waals surface area contributed by atoms with Crippen LogP contribution in [0.3, 0.4) is 0 Å². The lowest BCUT2D eigenvalue weighted by Crippen LogP contribution is -2.30. The lowest BCUT2D eigenvalue weighted by atomic mass is 10.2. The first kappa shape index (κ1) is 17.3. The van der Waals surface area contributed by atoms with Crippen LogP contribution in [0.15, 0.2) is 34.7 Å². The summed E-state index contributed by atoms with van der Waals surface area (Å²) >= 11 is 0. The molecule has 3 N–H and O–H groups in total. The van der Waals surface area contributed by atoms with Crippen LogP contribution in [0.25, 0.3) is 0 Å². The second-order valence-electron chi connectivity index (χ2n) is 5.31. The molecule has 0 spiro atoms. The molecule has 7 heteroatoms. The summed E-state index contributed by atoms with van der Waals surface area (Å²) in [4.78, 5) is 35.1. The van der Waals surface area contributed by atoms with Crippen molar-refractivity contribution in [2.45, 2.75) is 26.9 Å². The lowest BCUT2D eigenvalue weighted by molar-refractivity contribution is -0.123. The molecule has 0 aliphatic heterocycles. The average molecular weight is 330 g/mol. The van der Waals surface area contributed by atoms with Gasteiger partial charge in [-0.15, -0.1) is 0 Å². The number of ether oxygens (including phenoxy) is 1. The van der Waals surface area contributed by atoms with Crippen molar-refractivity contribution in [2.24, 2.45) is 5.73 Å². The van der Waals surface area contributed by atoms with Gasteiger partial charge in [0, 0.05) is 11.3 Å². The summed E-state index contributed by atoms with van der Waals surface area (Å²) < 4.78 is 10.4. The molecule has 2 rings (SSSR count). The number of hydrogen-bond donors (Lipinski definition) is 2. The summed E-state index contributed by atoms with van der Waals surface area (Å²) in [6, 6.07) is 7.62. The van der Waals surface area contributed by atoms with E-state index in [1.165, 1.54) is 31.2 Å². The molecule has 0 saturated heterocycles. The number of nitrogens with two attached hydrogens (primary N) is 1. The SMILES string of the molecule is Cc1cc(C(=O)OC(C)C(=O)Nc2ccc(C(N)=O)cc2)c(C)o1. The van der Waals surface area contributed by atoms with Gasteiger partial charge in [-0.1, -0.05) is 0 Å². The fraction of sp³-hybridized carbons (Fsp3) is 0.235. The summed E-state index contributed by atoms with van der Waals surface area (Å²) in [7, 11) is 0. The maximum atomic E-state index is 12.1. The van der Waals surface area contributed by atoms with Gasteiger partial charge in [-0.2, -0.15) is 0 Å². The molecule has 126 valence electrons. The molecule has 0 fully saturated rings. The first-order chi connectivity index (χ1) is 11.3. The first-order valence-corrected chi connectivity index (χ1v) is 7.26. The number of aryl methyl sites for hydroxylation is 2. The summed E-state index contributed by atoms with van der Waals surface area (Å²) in [5, 5.41) is 2.59. The van der Waals surface area contributed by atoms with Crippen molar-refractivity contribution in [1.29, 1.82) is 0 Å². The quantitative estimate of drug-likeness (QED) is 0.816. The number of esters is 1. The van der Waals surface area contributed by atoms with Crippen LogP contribution in [0.5, 0.6) is 0 Å². The van der Waals surface area contributed by atoms with Crippen LogP contribution in [0.1, 0.15) is 39.2 Å². The molecule has 0 aliphatic rings. The molecule has 1 heterocycles. The van der Waals surface area contributed by atoms with Gasteiger partial charge in [-0.05, 0) is 51.1 Å². The van der Waals surface area contributed by atoms with Gasteiger partial charge in [0.25, 0.3) is 5.91 Å². The Labute approximate surface area is 138 Å². The van der Waals surface area contributed by atoms with Crippen LogP contribution in [-0.2, 0) is 9.53 Å². The van der Waals surface area contributed by atoms with E-state index in [0.29, 0.717) is 22.8 Å². The largest absolute Gasteiger partial charge is 0.466 e. The molecule has 0 aliphatic carbocycles. The van der Waals surface area contributed by atoms with E-state index in [4.69, 9.17) is 14.9 Å². The number of primary amides is 1. The summed E-state index contributed by atoms with van der Waals surface area (Å²) in [6.07, 6.45) is -0.997. The highest BCUT2D eigenvalue weighted by Gasteiger charge is 2.22. The van der Waals surface area contributed by atoms with Crippen molar-refractivity contribution in [3.8, 4) is 0 Å². The smallest absolute Gasteiger partial charge is 0.342 e. The number of benzene rings is 1. The van der Waals surface area contributed by atoms with Crippen molar-refractivity contribution in [2.75, 3.05) is 5.32 Å². The van der Waals surface area contributed by atoms with Crippen LogP contribution in [0, 0.1) is 13.8 Å². The predicted molar refractivity (Wildman–Crippen MR) is 86.6 cm³/mol. The molecule has 0 saturated carbocycles. The third kappa shape index (κ3) is 4.01. The Kier molecular flexibility index (Phi) is 5.03. The zero-order chi connectivity index (χ0) is 17.9. The highest BCUT2D eigenvalue weighted by atomic mass is 16.5. The Balaban J connectivity index is 1.98. The molecule has 24 heavy (non-hydrogen) atoms. The molecule has 2 amide bonds. The molecule has 0 bridgehead atoms. The Morgan fingerprint density at radius 2 is 1.79 bits per heavy atom. The second kappa shape index (κ2) is 6.99. The molecule has 1 aromatic carbocycles. The first-order valence-electron chi connectivity index (χ1n) is 7.26. The molecule has 1 aromatic heterocycles. The normalized spacial score (nSPS) is 11.6. The second-order valence-corrected chi connectivity index (χ2v) is 5.31. The Hall–Kier alpha value is -3.09. The minimum absolute atomic E-state index is 0.290. The van der Waals surface area contributed by atoms with E-state index < -0.39 is 23.9 Å². The maximum absolute atomic E-state index is 12.1. The van der Waals surface area contributed by atoms with Crippen LogP contribution in [-0.4, -0.2) is 23.9 Å². The van der Waals surface area contributed by atoms with Gasteiger partial charge in [0.2, 0.25) is 5.91 Å². The van der Waals surface area contributed by atoms with E-state index in [1.807, 2.05) is 0 Å².